The Morgan fingerprint density at radius 3 is 0.889 bits per heavy atom. The Kier molecular flexibility index (Phi) is 20.2. The number of aliphatic carboxylic acids is 2. The van der Waals surface area contributed by atoms with E-state index in [-0.39, 0.29) is 21.9 Å². The van der Waals surface area contributed by atoms with Crippen LogP contribution in [0.5, 0.6) is 0 Å². The van der Waals surface area contributed by atoms with E-state index in [4.69, 9.17) is 30.6 Å². The number of hydrogen-bond donors (Lipinski definition) is 6. The van der Waals surface area contributed by atoms with Crippen molar-refractivity contribution in [2.24, 2.45) is 0 Å². The average Bonchev–Trinajstić information content (AvgIpc) is 2.12. The Hall–Kier alpha value is -1.38. The van der Waals surface area contributed by atoms with Gasteiger partial charge in [0.05, 0.1) is 0 Å². The van der Waals surface area contributed by atoms with Gasteiger partial charge in [-0.25, -0.2) is 9.59 Å². The molecule has 0 fully saturated rings. The maximum atomic E-state index is 10.1. The third kappa shape index (κ3) is 7.82. The number of carboxylic acid groups (broad SMARTS) is 2. The lowest BCUT2D eigenvalue weighted by molar-refractivity contribution is -0.172. The van der Waals surface area contributed by atoms with Crippen LogP contribution in [-0.4, -0.2) is 88.9 Å². The minimum Gasteiger partial charge on any atom is -0.479 e. The fraction of sp³-hybridized carbons (Fsp3) is 0.667. The second-order valence-corrected chi connectivity index (χ2v) is 2.55. The lowest BCUT2D eigenvalue weighted by atomic mass is 10.0. The van der Waals surface area contributed by atoms with Gasteiger partial charge in [0.15, 0.2) is 12.2 Å². The summed E-state index contributed by atoms with van der Waals surface area (Å²) in [7, 11) is 0. The van der Waals surface area contributed by atoms with Crippen molar-refractivity contribution in [1.29, 1.82) is 0 Å². The molecule has 0 aliphatic rings. The molecule has 0 aromatic carbocycles. The number of carboxylic acids is 2. The molecule has 4 atom stereocenters. The molecule has 0 saturated carbocycles. The zero-order valence-corrected chi connectivity index (χ0v) is 8.81. The first-order valence-electron chi connectivity index (χ1n) is 3.47. The van der Waals surface area contributed by atoms with Crippen molar-refractivity contribution in [3.05, 3.63) is 0 Å². The van der Waals surface area contributed by atoms with Gasteiger partial charge in [0.1, 0.15) is 12.2 Å². The van der Waals surface area contributed by atoms with Crippen LogP contribution < -0.4 is 0 Å². The first-order chi connectivity index (χ1) is 6.29. The molecular formula is C6H18O12. The monoisotopic (exact) mass is 282 g/mol. The fourth-order valence-electron chi connectivity index (χ4n) is 0.666. The van der Waals surface area contributed by atoms with Gasteiger partial charge in [-0.1, -0.05) is 0 Å². The lowest BCUT2D eigenvalue weighted by Crippen LogP contribution is -2.49. The van der Waals surface area contributed by atoms with E-state index in [1.807, 2.05) is 0 Å². The van der Waals surface area contributed by atoms with Gasteiger partial charge in [0.25, 0.3) is 0 Å². The molecule has 0 rings (SSSR count). The van der Waals surface area contributed by atoms with Crippen molar-refractivity contribution in [3.63, 3.8) is 0 Å². The van der Waals surface area contributed by atoms with Crippen molar-refractivity contribution in [2.75, 3.05) is 0 Å². The summed E-state index contributed by atoms with van der Waals surface area (Å²) in [6, 6.07) is 0. The molecule has 114 valence electrons. The highest BCUT2D eigenvalue weighted by atomic mass is 16.4. The van der Waals surface area contributed by atoms with Crippen LogP contribution in [0.3, 0.4) is 0 Å². The molecule has 12 nitrogen and oxygen atoms in total. The summed E-state index contributed by atoms with van der Waals surface area (Å²) in [5, 5.41) is 51.5. The SMILES string of the molecule is O.O.O.O.O=C(O)[C@@H](O)[C@H](O)[C@H](O)[C@@H](O)C(=O)O. The lowest BCUT2D eigenvalue weighted by Gasteiger charge is -2.21. The minimum absolute atomic E-state index is 0. The zero-order valence-electron chi connectivity index (χ0n) is 8.81. The number of aliphatic hydroxyl groups is 4. The van der Waals surface area contributed by atoms with Crippen LogP contribution in [0.15, 0.2) is 0 Å². The van der Waals surface area contributed by atoms with Crippen molar-refractivity contribution < 1.29 is 62.1 Å². The van der Waals surface area contributed by atoms with Gasteiger partial charge in [-0.05, 0) is 0 Å². The largest absolute Gasteiger partial charge is 0.479 e. The smallest absolute Gasteiger partial charge is 0.335 e. The van der Waals surface area contributed by atoms with E-state index < -0.39 is 36.4 Å². The summed E-state index contributed by atoms with van der Waals surface area (Å²) >= 11 is 0. The van der Waals surface area contributed by atoms with Crippen LogP contribution in [-0.2, 0) is 9.59 Å². The minimum atomic E-state index is -2.36. The molecule has 14 N–H and O–H groups in total. The number of aliphatic hydroxyl groups excluding tert-OH is 4. The molecular weight excluding hydrogens is 264 g/mol. The van der Waals surface area contributed by atoms with E-state index in [1.165, 1.54) is 0 Å². The second-order valence-electron chi connectivity index (χ2n) is 2.55. The number of hydrogen-bond acceptors (Lipinski definition) is 6. The maximum Gasteiger partial charge on any atom is 0.335 e. The molecule has 0 amide bonds. The average molecular weight is 282 g/mol. The van der Waals surface area contributed by atoms with E-state index in [0.717, 1.165) is 0 Å². The zero-order chi connectivity index (χ0) is 11.5. The molecule has 0 aliphatic heterocycles. The van der Waals surface area contributed by atoms with Gasteiger partial charge in [-0.15, -0.1) is 0 Å². The van der Waals surface area contributed by atoms with Crippen molar-refractivity contribution in [3.8, 4) is 0 Å². The van der Waals surface area contributed by atoms with E-state index >= 15 is 0 Å². The normalized spacial score (nSPS) is 15.1. The molecule has 0 aliphatic carbocycles. The molecule has 0 saturated heterocycles. The summed E-state index contributed by atoms with van der Waals surface area (Å²) in [4.78, 5) is 20.2. The molecule has 0 spiro atoms. The van der Waals surface area contributed by atoms with Gasteiger partial charge in [-0.2, -0.15) is 0 Å². The molecule has 0 aromatic heterocycles. The first-order valence-corrected chi connectivity index (χ1v) is 3.47. The third-order valence-electron chi connectivity index (χ3n) is 1.50. The topological polar surface area (TPSA) is 282 Å². The fourth-order valence-corrected chi connectivity index (χ4v) is 0.666. The highest BCUT2D eigenvalue weighted by Crippen LogP contribution is 2.05. The number of carbonyl (C=O) groups is 2. The van der Waals surface area contributed by atoms with Crippen LogP contribution in [0.25, 0.3) is 0 Å². The van der Waals surface area contributed by atoms with Gasteiger partial charge < -0.3 is 52.5 Å². The second kappa shape index (κ2) is 12.1. The predicted octanol–water partition coefficient (Wildman–Crippen LogP) is -6.70. The highest BCUT2D eigenvalue weighted by molar-refractivity contribution is 5.75. The summed E-state index contributed by atoms with van der Waals surface area (Å²) in [5.74, 6) is -3.68. The van der Waals surface area contributed by atoms with Crippen molar-refractivity contribution in [1.82, 2.24) is 0 Å². The maximum absolute atomic E-state index is 10.1. The van der Waals surface area contributed by atoms with Gasteiger partial charge in [0.2, 0.25) is 0 Å². The van der Waals surface area contributed by atoms with Gasteiger partial charge in [0, 0.05) is 0 Å². The van der Waals surface area contributed by atoms with Crippen LogP contribution in [0.1, 0.15) is 0 Å². The van der Waals surface area contributed by atoms with E-state index in [2.05, 4.69) is 0 Å². The molecule has 0 unspecified atom stereocenters. The van der Waals surface area contributed by atoms with Crippen LogP contribution in [0.2, 0.25) is 0 Å². The van der Waals surface area contributed by atoms with Gasteiger partial charge in [-0.3, -0.25) is 0 Å². The van der Waals surface area contributed by atoms with Gasteiger partial charge >= 0.3 is 11.9 Å². The van der Waals surface area contributed by atoms with Crippen molar-refractivity contribution >= 4 is 11.9 Å². The number of rotatable bonds is 5. The summed E-state index contributed by atoms with van der Waals surface area (Å²) in [5.41, 5.74) is 0. The molecule has 0 radical (unpaired) electrons. The van der Waals surface area contributed by atoms with Crippen LogP contribution in [0, 0.1) is 0 Å². The van der Waals surface area contributed by atoms with Crippen molar-refractivity contribution in [2.45, 2.75) is 24.4 Å². The summed E-state index contributed by atoms with van der Waals surface area (Å²) in [6.07, 6.45) is -9.28. The summed E-state index contributed by atoms with van der Waals surface area (Å²) in [6.45, 7) is 0. The van der Waals surface area contributed by atoms with E-state index in [0.29, 0.717) is 0 Å². The molecule has 0 heterocycles. The Labute approximate surface area is 99.6 Å². The van der Waals surface area contributed by atoms with E-state index in [1.54, 1.807) is 0 Å². The Morgan fingerprint density at radius 1 is 0.611 bits per heavy atom. The third-order valence-corrected chi connectivity index (χ3v) is 1.50. The highest BCUT2D eigenvalue weighted by Gasteiger charge is 2.37. The molecule has 18 heavy (non-hydrogen) atoms. The molecule has 0 bridgehead atoms. The standard InChI is InChI=1S/C6H10O8.4H2O/c7-1(3(9)5(11)12)2(8)4(10)6(13)14;;;;/h1-4,7-10H,(H,11,12)(H,13,14);4*1H2/t1-,2+,3+,4-;;;;. The Balaban J connectivity index is -0.000000141. The van der Waals surface area contributed by atoms with E-state index in [9.17, 15) is 9.59 Å². The van der Waals surface area contributed by atoms with Crippen LogP contribution >= 0.6 is 0 Å². The Morgan fingerprint density at radius 2 is 0.778 bits per heavy atom. The predicted molar refractivity (Wildman–Crippen MR) is 53.8 cm³/mol. The molecule has 12 heteroatoms. The quantitative estimate of drug-likeness (QED) is 0.281. The summed E-state index contributed by atoms with van der Waals surface area (Å²) < 4.78 is 0. The first kappa shape index (κ1) is 30.0. The molecule has 0 aromatic rings. The van der Waals surface area contributed by atoms with Crippen LogP contribution in [0.4, 0.5) is 0 Å². The Bertz CT molecular complexity index is 205.